The van der Waals surface area contributed by atoms with Gasteiger partial charge in [-0.1, -0.05) is 12.5 Å². The number of thiol groups is 2. The third-order valence-electron chi connectivity index (χ3n) is 2.59. The van der Waals surface area contributed by atoms with Crippen LogP contribution in [0.3, 0.4) is 0 Å². The third-order valence-corrected chi connectivity index (χ3v) is 3.36. The Labute approximate surface area is 138 Å². The van der Waals surface area contributed by atoms with Gasteiger partial charge < -0.3 is 5.32 Å². The molecule has 0 saturated carbocycles. The number of carbonyl (C=O) groups excluding carboxylic acids is 1. The van der Waals surface area contributed by atoms with Crippen LogP contribution in [0.1, 0.15) is 32.1 Å². The van der Waals surface area contributed by atoms with Gasteiger partial charge in [-0.2, -0.15) is 25.3 Å². The van der Waals surface area contributed by atoms with Crippen LogP contribution >= 0.6 is 25.3 Å². The second-order valence-electron chi connectivity index (χ2n) is 4.18. The zero-order valence-corrected chi connectivity index (χ0v) is 15.8. The molecule has 1 rings (SSSR count). The number of hydrogen-bond acceptors (Lipinski definition) is 4. The number of nitrogens with one attached hydrogen (secondary N) is 1. The van der Waals surface area contributed by atoms with Crippen molar-refractivity contribution in [2.24, 2.45) is 0 Å². The van der Waals surface area contributed by atoms with E-state index in [9.17, 15) is 4.79 Å². The Kier molecular flexibility index (Phi) is 11.7. The molecular formula is C13H20N2OS2Zn. The Morgan fingerprint density at radius 3 is 2.74 bits per heavy atom. The van der Waals surface area contributed by atoms with Crippen LogP contribution in [0.5, 0.6) is 0 Å². The van der Waals surface area contributed by atoms with Crippen LogP contribution in [0.15, 0.2) is 24.4 Å². The molecule has 102 valence electrons. The van der Waals surface area contributed by atoms with E-state index in [1.165, 1.54) is 0 Å². The smallest absolute Gasteiger partial charge is 0.225 e. The average Bonchev–Trinajstić information content (AvgIpc) is 2.36. The monoisotopic (exact) mass is 348 g/mol. The molecule has 3 nitrogen and oxygen atoms in total. The molecular weight excluding hydrogens is 330 g/mol. The molecule has 0 aliphatic heterocycles. The molecule has 1 N–H and O–H groups in total. The van der Waals surface area contributed by atoms with Crippen molar-refractivity contribution < 1.29 is 24.3 Å². The van der Waals surface area contributed by atoms with Crippen molar-refractivity contribution in [3.05, 3.63) is 24.4 Å². The number of carbonyl (C=O) groups is 1. The van der Waals surface area contributed by atoms with Crippen LogP contribution in [0.2, 0.25) is 0 Å². The Morgan fingerprint density at radius 2 is 2.11 bits per heavy atom. The predicted molar refractivity (Wildman–Crippen MR) is 82.6 cm³/mol. The summed E-state index contributed by atoms with van der Waals surface area (Å²) in [7, 11) is 0. The molecule has 1 aromatic heterocycles. The summed E-state index contributed by atoms with van der Waals surface area (Å²) < 4.78 is 0. The summed E-state index contributed by atoms with van der Waals surface area (Å²) in [6, 6.07) is 5.46. The molecule has 0 aliphatic rings. The summed E-state index contributed by atoms with van der Waals surface area (Å²) in [5, 5.41) is 3.18. The van der Waals surface area contributed by atoms with E-state index in [1.54, 1.807) is 12.3 Å². The fourth-order valence-electron chi connectivity index (χ4n) is 1.60. The molecule has 0 fully saturated rings. The second-order valence-corrected chi connectivity index (χ2v) is 5.35. The summed E-state index contributed by atoms with van der Waals surface area (Å²) >= 11 is 8.63. The van der Waals surface area contributed by atoms with Crippen molar-refractivity contribution in [1.29, 1.82) is 0 Å². The number of hydrogen-bond donors (Lipinski definition) is 3. The maximum atomic E-state index is 11.6. The first kappa shape index (κ1) is 18.9. The van der Waals surface area contributed by atoms with Crippen molar-refractivity contribution in [3.63, 3.8) is 0 Å². The van der Waals surface area contributed by atoms with Gasteiger partial charge in [0.15, 0.2) is 0 Å². The van der Waals surface area contributed by atoms with Gasteiger partial charge in [-0.15, -0.1) is 0 Å². The quantitative estimate of drug-likeness (QED) is 0.383. The van der Waals surface area contributed by atoms with Gasteiger partial charge >= 0.3 is 0 Å². The summed E-state index contributed by atoms with van der Waals surface area (Å²) in [6.45, 7) is 0. The first-order valence-corrected chi connectivity index (χ1v) is 7.37. The summed E-state index contributed by atoms with van der Waals surface area (Å²) in [6.07, 6.45) is 6.18. The topological polar surface area (TPSA) is 42.0 Å². The molecule has 0 bridgehead atoms. The number of rotatable bonds is 8. The van der Waals surface area contributed by atoms with Gasteiger partial charge in [-0.05, 0) is 37.1 Å². The molecule has 0 radical (unpaired) electrons. The van der Waals surface area contributed by atoms with E-state index in [1.807, 2.05) is 12.1 Å². The number of anilines is 1. The molecule has 1 heterocycles. The molecule has 0 aliphatic carbocycles. The molecule has 6 heteroatoms. The summed E-state index contributed by atoms with van der Waals surface area (Å²) in [4.78, 5) is 15.6. The van der Waals surface area contributed by atoms with Crippen LogP contribution in [0.25, 0.3) is 0 Å². The fraction of sp³-hybridized carbons (Fsp3) is 0.538. The Morgan fingerprint density at radius 1 is 1.32 bits per heavy atom. The maximum absolute atomic E-state index is 11.6. The van der Waals surface area contributed by atoms with Gasteiger partial charge in [0, 0.05) is 37.3 Å². The van der Waals surface area contributed by atoms with Gasteiger partial charge in [0.2, 0.25) is 5.91 Å². The molecule has 19 heavy (non-hydrogen) atoms. The Hall–Kier alpha value is -0.0566. The SMILES string of the molecule is O=C(CCCCC(S)CCS)Nc1ccccn1.[Zn]. The Balaban J connectivity index is 0.00000324. The Bertz CT molecular complexity index is 352. The number of nitrogens with zero attached hydrogens (tertiary/aromatic N) is 1. The predicted octanol–water partition coefficient (Wildman–Crippen LogP) is 3.20. The van der Waals surface area contributed by atoms with E-state index in [4.69, 9.17) is 0 Å². The van der Waals surface area contributed by atoms with Crippen molar-refractivity contribution in [1.82, 2.24) is 4.98 Å². The normalized spacial score (nSPS) is 11.5. The van der Waals surface area contributed by atoms with Crippen LogP contribution in [0, 0.1) is 0 Å². The van der Waals surface area contributed by atoms with E-state index in [0.717, 1.165) is 31.4 Å². The molecule has 0 saturated heterocycles. The van der Waals surface area contributed by atoms with Crippen LogP contribution in [-0.2, 0) is 24.3 Å². The summed E-state index contributed by atoms with van der Waals surface area (Å²) in [5.74, 6) is 1.51. The minimum atomic E-state index is 0. The van der Waals surface area contributed by atoms with Crippen molar-refractivity contribution in [2.45, 2.75) is 37.4 Å². The standard InChI is InChI=1S/C13H20N2OS2.Zn/c16-13(15-12-6-3-4-9-14-12)7-2-1-5-11(18)8-10-17;/h3-4,6,9,11,17-18H,1-2,5,7-8,10H2,(H,14,15,16);. The van der Waals surface area contributed by atoms with E-state index in [0.29, 0.717) is 17.5 Å². The van der Waals surface area contributed by atoms with Crippen LogP contribution < -0.4 is 5.32 Å². The molecule has 1 aromatic rings. The first-order chi connectivity index (χ1) is 8.72. The maximum Gasteiger partial charge on any atom is 0.225 e. The van der Waals surface area contributed by atoms with E-state index in [2.05, 4.69) is 35.6 Å². The largest absolute Gasteiger partial charge is 0.311 e. The zero-order valence-electron chi connectivity index (χ0n) is 11.1. The number of unbranched alkanes of at least 4 members (excludes halogenated alkanes) is 1. The minimum Gasteiger partial charge on any atom is -0.311 e. The average molecular weight is 350 g/mol. The minimum absolute atomic E-state index is 0. The van der Waals surface area contributed by atoms with E-state index in [-0.39, 0.29) is 25.4 Å². The van der Waals surface area contributed by atoms with Gasteiger partial charge in [-0.3, -0.25) is 4.79 Å². The molecule has 0 spiro atoms. The van der Waals surface area contributed by atoms with Crippen molar-refractivity contribution in [3.8, 4) is 0 Å². The number of aromatic nitrogens is 1. The van der Waals surface area contributed by atoms with E-state index < -0.39 is 0 Å². The fourth-order valence-corrected chi connectivity index (χ4v) is 2.43. The van der Waals surface area contributed by atoms with Gasteiger partial charge in [0.1, 0.15) is 5.82 Å². The molecule has 0 aromatic carbocycles. The van der Waals surface area contributed by atoms with Crippen LogP contribution in [-0.4, -0.2) is 21.9 Å². The van der Waals surface area contributed by atoms with Crippen molar-refractivity contribution in [2.75, 3.05) is 11.1 Å². The zero-order chi connectivity index (χ0) is 13.2. The van der Waals surface area contributed by atoms with Gasteiger partial charge in [0.25, 0.3) is 0 Å². The molecule has 1 unspecified atom stereocenters. The molecule has 1 atom stereocenters. The van der Waals surface area contributed by atoms with Gasteiger partial charge in [-0.25, -0.2) is 4.98 Å². The molecule has 1 amide bonds. The van der Waals surface area contributed by atoms with E-state index >= 15 is 0 Å². The third kappa shape index (κ3) is 9.47. The summed E-state index contributed by atoms with van der Waals surface area (Å²) in [5.41, 5.74) is 0. The van der Waals surface area contributed by atoms with Crippen molar-refractivity contribution >= 4 is 37.0 Å². The van der Waals surface area contributed by atoms with Crippen LogP contribution in [0.4, 0.5) is 5.82 Å². The van der Waals surface area contributed by atoms with Gasteiger partial charge in [0.05, 0.1) is 0 Å². The first-order valence-electron chi connectivity index (χ1n) is 6.22. The number of amides is 1. The second kappa shape index (κ2) is 11.7. The number of pyridine rings is 1.